The molecule has 1 unspecified atom stereocenters. The summed E-state index contributed by atoms with van der Waals surface area (Å²) in [6, 6.07) is 10.1. The van der Waals surface area contributed by atoms with Crippen molar-refractivity contribution in [2.75, 3.05) is 0 Å². The molecular weight excluding hydrogens is 266 g/mol. The molecule has 2 nitrogen and oxygen atoms in total. The first-order chi connectivity index (χ1) is 8.74. The molecule has 0 spiro atoms. The van der Waals surface area contributed by atoms with Crippen molar-refractivity contribution in [3.63, 3.8) is 0 Å². The van der Waals surface area contributed by atoms with Gasteiger partial charge in [-0.15, -0.1) is 11.3 Å². The highest BCUT2D eigenvalue weighted by Crippen LogP contribution is 2.36. The Labute approximate surface area is 115 Å². The third-order valence-electron chi connectivity index (χ3n) is 3.40. The van der Waals surface area contributed by atoms with Crippen molar-refractivity contribution in [3.8, 4) is 5.75 Å². The number of hydrogen-bond acceptors (Lipinski definition) is 3. The Hall–Kier alpha value is -1.03. The van der Waals surface area contributed by atoms with Gasteiger partial charge in [0.15, 0.2) is 0 Å². The number of halogens is 1. The van der Waals surface area contributed by atoms with Crippen LogP contribution in [0.5, 0.6) is 5.75 Å². The monoisotopic (exact) mass is 279 g/mol. The Morgan fingerprint density at radius 3 is 3.00 bits per heavy atom. The maximum atomic E-state index is 9.79. The second-order valence-electron chi connectivity index (χ2n) is 4.52. The number of rotatable bonds is 3. The number of aromatic hydroxyl groups is 1. The molecule has 1 aliphatic carbocycles. The van der Waals surface area contributed by atoms with Gasteiger partial charge in [0, 0.05) is 17.5 Å². The fraction of sp³-hybridized carbons (Fsp3) is 0.286. The van der Waals surface area contributed by atoms with E-state index in [0.717, 1.165) is 29.3 Å². The molecule has 1 aliphatic rings. The Balaban J connectivity index is 1.71. The minimum Gasteiger partial charge on any atom is -0.508 e. The predicted octanol–water partition coefficient (Wildman–Crippen LogP) is 3.88. The minimum absolute atomic E-state index is 0.341. The summed E-state index contributed by atoms with van der Waals surface area (Å²) in [7, 11) is 0. The first-order valence-electron chi connectivity index (χ1n) is 6.02. The fourth-order valence-electron chi connectivity index (χ4n) is 2.52. The van der Waals surface area contributed by atoms with Crippen LogP contribution in [0.1, 0.15) is 28.5 Å². The lowest BCUT2D eigenvalue weighted by Gasteiger charge is -2.13. The molecule has 1 heterocycles. The highest BCUT2D eigenvalue weighted by molar-refractivity contribution is 7.16. The van der Waals surface area contributed by atoms with Gasteiger partial charge >= 0.3 is 0 Å². The third-order valence-corrected chi connectivity index (χ3v) is 4.63. The lowest BCUT2D eigenvalue weighted by molar-refractivity contribution is 0.469. The summed E-state index contributed by atoms with van der Waals surface area (Å²) >= 11 is 7.52. The molecule has 0 saturated carbocycles. The lowest BCUT2D eigenvalue weighted by Crippen LogP contribution is -2.17. The van der Waals surface area contributed by atoms with Crippen LogP contribution in [-0.2, 0) is 13.0 Å². The molecule has 1 aromatic heterocycles. The van der Waals surface area contributed by atoms with E-state index < -0.39 is 0 Å². The van der Waals surface area contributed by atoms with Crippen LogP contribution >= 0.6 is 22.9 Å². The van der Waals surface area contributed by atoms with Gasteiger partial charge in [-0.05, 0) is 42.2 Å². The van der Waals surface area contributed by atoms with Gasteiger partial charge < -0.3 is 10.4 Å². The van der Waals surface area contributed by atoms with Gasteiger partial charge in [-0.3, -0.25) is 0 Å². The summed E-state index contributed by atoms with van der Waals surface area (Å²) < 4.78 is 0.830. The molecule has 18 heavy (non-hydrogen) atoms. The molecule has 0 radical (unpaired) electrons. The SMILES string of the molecule is Oc1cccc2c1CCC2NCc1ccc(Cl)s1. The van der Waals surface area contributed by atoms with E-state index in [2.05, 4.69) is 17.4 Å². The summed E-state index contributed by atoms with van der Waals surface area (Å²) in [5, 5.41) is 13.3. The Morgan fingerprint density at radius 1 is 1.33 bits per heavy atom. The van der Waals surface area contributed by atoms with Crippen molar-refractivity contribution in [2.24, 2.45) is 0 Å². The molecule has 1 aromatic carbocycles. The topological polar surface area (TPSA) is 32.3 Å². The van der Waals surface area contributed by atoms with Crippen molar-refractivity contribution in [1.82, 2.24) is 5.32 Å². The van der Waals surface area contributed by atoms with Crippen LogP contribution in [-0.4, -0.2) is 5.11 Å². The van der Waals surface area contributed by atoms with Crippen LogP contribution in [0.25, 0.3) is 0 Å². The molecule has 0 fully saturated rings. The largest absolute Gasteiger partial charge is 0.508 e. The van der Waals surface area contributed by atoms with Gasteiger partial charge in [0.05, 0.1) is 4.34 Å². The highest BCUT2D eigenvalue weighted by atomic mass is 35.5. The van der Waals surface area contributed by atoms with E-state index in [1.807, 2.05) is 12.1 Å². The first kappa shape index (κ1) is 12.0. The number of benzene rings is 1. The van der Waals surface area contributed by atoms with Gasteiger partial charge in [0.25, 0.3) is 0 Å². The van der Waals surface area contributed by atoms with Gasteiger partial charge in [-0.25, -0.2) is 0 Å². The van der Waals surface area contributed by atoms with Gasteiger partial charge in [-0.2, -0.15) is 0 Å². The van der Waals surface area contributed by atoms with Crippen LogP contribution in [0.15, 0.2) is 30.3 Å². The van der Waals surface area contributed by atoms with Crippen LogP contribution in [0.3, 0.4) is 0 Å². The average Bonchev–Trinajstić information content (AvgIpc) is 2.94. The molecule has 4 heteroatoms. The standard InChI is InChI=1S/C14H14ClNOS/c15-14-7-4-9(18-14)8-16-12-6-5-11-10(12)2-1-3-13(11)17/h1-4,7,12,16-17H,5-6,8H2. The molecule has 0 aliphatic heterocycles. The number of nitrogens with one attached hydrogen (secondary N) is 1. The quantitative estimate of drug-likeness (QED) is 0.893. The molecule has 2 aromatic rings. The van der Waals surface area contributed by atoms with Crippen molar-refractivity contribution >= 4 is 22.9 Å². The molecule has 94 valence electrons. The summed E-state index contributed by atoms with van der Waals surface area (Å²) in [4.78, 5) is 1.24. The number of phenolic OH excluding ortho intramolecular Hbond substituents is 1. The van der Waals surface area contributed by atoms with Crippen molar-refractivity contribution in [3.05, 3.63) is 50.7 Å². The first-order valence-corrected chi connectivity index (χ1v) is 7.22. The molecule has 2 N–H and O–H groups in total. The minimum atomic E-state index is 0.341. The zero-order valence-corrected chi connectivity index (χ0v) is 11.4. The second-order valence-corrected chi connectivity index (χ2v) is 6.32. The molecule has 1 atom stereocenters. The average molecular weight is 280 g/mol. The van der Waals surface area contributed by atoms with E-state index in [4.69, 9.17) is 11.6 Å². The Bertz CT molecular complexity index is 567. The molecule has 0 saturated heterocycles. The summed E-state index contributed by atoms with van der Waals surface area (Å²) in [5.41, 5.74) is 2.33. The van der Waals surface area contributed by atoms with E-state index in [0.29, 0.717) is 11.8 Å². The van der Waals surface area contributed by atoms with Crippen LogP contribution < -0.4 is 5.32 Å². The zero-order valence-electron chi connectivity index (χ0n) is 9.82. The van der Waals surface area contributed by atoms with Crippen molar-refractivity contribution in [2.45, 2.75) is 25.4 Å². The fourth-order valence-corrected chi connectivity index (χ4v) is 3.56. The Kier molecular flexibility index (Phi) is 3.29. The summed E-state index contributed by atoms with van der Waals surface area (Å²) in [6.45, 7) is 0.831. The van der Waals surface area contributed by atoms with Gasteiger partial charge in [-0.1, -0.05) is 23.7 Å². The number of hydrogen-bond donors (Lipinski definition) is 2. The van der Waals surface area contributed by atoms with Crippen molar-refractivity contribution in [1.29, 1.82) is 0 Å². The van der Waals surface area contributed by atoms with Crippen molar-refractivity contribution < 1.29 is 5.11 Å². The van der Waals surface area contributed by atoms with E-state index >= 15 is 0 Å². The lowest BCUT2D eigenvalue weighted by atomic mass is 10.1. The van der Waals surface area contributed by atoms with E-state index in [9.17, 15) is 5.11 Å². The maximum absolute atomic E-state index is 9.79. The summed E-state index contributed by atoms with van der Waals surface area (Å²) in [6.07, 6.45) is 2.00. The van der Waals surface area contributed by atoms with E-state index in [1.54, 1.807) is 17.4 Å². The Morgan fingerprint density at radius 2 is 2.22 bits per heavy atom. The van der Waals surface area contributed by atoms with Crippen LogP contribution in [0, 0.1) is 0 Å². The van der Waals surface area contributed by atoms with E-state index in [1.165, 1.54) is 10.4 Å². The molecular formula is C14H14ClNOS. The predicted molar refractivity (Wildman–Crippen MR) is 75.3 cm³/mol. The zero-order chi connectivity index (χ0) is 12.5. The molecule has 0 bridgehead atoms. The van der Waals surface area contributed by atoms with Crippen LogP contribution in [0.4, 0.5) is 0 Å². The highest BCUT2D eigenvalue weighted by Gasteiger charge is 2.23. The van der Waals surface area contributed by atoms with Gasteiger partial charge in [0.1, 0.15) is 5.75 Å². The maximum Gasteiger partial charge on any atom is 0.119 e. The number of phenols is 1. The molecule has 0 amide bonds. The van der Waals surface area contributed by atoms with E-state index in [-0.39, 0.29) is 0 Å². The molecule has 3 rings (SSSR count). The van der Waals surface area contributed by atoms with Gasteiger partial charge in [0.2, 0.25) is 0 Å². The number of thiophene rings is 1. The summed E-state index contributed by atoms with van der Waals surface area (Å²) in [5.74, 6) is 0.427. The van der Waals surface area contributed by atoms with Crippen LogP contribution in [0.2, 0.25) is 4.34 Å². The number of fused-ring (bicyclic) bond motifs is 1. The third kappa shape index (κ3) is 2.26. The second kappa shape index (κ2) is 4.92. The normalized spacial score (nSPS) is 17.9. The smallest absolute Gasteiger partial charge is 0.119 e.